The number of hydrogen-bond acceptors (Lipinski definition) is 1. The molecule has 0 radical (unpaired) electrons. The van der Waals surface area contributed by atoms with Gasteiger partial charge >= 0.3 is 0 Å². The molecular weight excluding hydrogens is 210 g/mol. The lowest BCUT2D eigenvalue weighted by molar-refractivity contribution is 0.111. The van der Waals surface area contributed by atoms with E-state index in [1.807, 2.05) is 0 Å². The highest BCUT2D eigenvalue weighted by Gasteiger charge is 2.10. The zero-order valence-corrected chi connectivity index (χ0v) is 8.28. The van der Waals surface area contributed by atoms with Crippen molar-refractivity contribution in [2.75, 3.05) is 0 Å². The van der Waals surface area contributed by atoms with E-state index in [4.69, 9.17) is 0 Å². The first-order chi connectivity index (χ1) is 7.72. The third kappa shape index (κ3) is 1.84. The number of halogens is 2. The molecule has 0 amide bonds. The monoisotopic (exact) mass is 218 g/mol. The summed E-state index contributed by atoms with van der Waals surface area (Å²) in [6.07, 6.45) is 0.299. The fraction of sp³-hybridized carbons (Fsp3) is 0. The van der Waals surface area contributed by atoms with Crippen LogP contribution in [0.2, 0.25) is 0 Å². The van der Waals surface area contributed by atoms with Crippen molar-refractivity contribution >= 4 is 6.29 Å². The first-order valence-electron chi connectivity index (χ1n) is 4.72. The van der Waals surface area contributed by atoms with Crippen LogP contribution in [0.25, 0.3) is 11.1 Å². The molecule has 0 aliphatic rings. The summed E-state index contributed by atoms with van der Waals surface area (Å²) >= 11 is 0. The zero-order chi connectivity index (χ0) is 11.5. The summed E-state index contributed by atoms with van der Waals surface area (Å²) in [6, 6.07) is 10.6. The van der Waals surface area contributed by atoms with E-state index in [9.17, 15) is 13.6 Å². The van der Waals surface area contributed by atoms with Crippen LogP contribution in [0.4, 0.5) is 8.78 Å². The van der Waals surface area contributed by atoms with Crippen molar-refractivity contribution in [3.8, 4) is 11.1 Å². The summed E-state index contributed by atoms with van der Waals surface area (Å²) in [4.78, 5) is 10.4. The molecule has 0 N–H and O–H groups in total. The third-order valence-corrected chi connectivity index (χ3v) is 2.30. The Morgan fingerprint density at radius 3 is 2.25 bits per heavy atom. The minimum atomic E-state index is -0.713. The molecule has 0 saturated carbocycles. The maximum atomic E-state index is 13.6. The second-order valence-corrected chi connectivity index (χ2v) is 3.34. The second-order valence-electron chi connectivity index (χ2n) is 3.34. The largest absolute Gasteiger partial charge is 0.298 e. The Bertz CT molecular complexity index is 521. The molecule has 0 unspecified atom stereocenters. The van der Waals surface area contributed by atoms with Crippen molar-refractivity contribution in [3.63, 3.8) is 0 Å². The van der Waals surface area contributed by atoms with Crippen molar-refractivity contribution in [3.05, 3.63) is 59.7 Å². The van der Waals surface area contributed by atoms with Crippen LogP contribution in [0, 0.1) is 11.6 Å². The van der Waals surface area contributed by atoms with Crippen LogP contribution in [0.15, 0.2) is 42.5 Å². The third-order valence-electron chi connectivity index (χ3n) is 2.30. The molecule has 2 rings (SSSR count). The summed E-state index contributed by atoms with van der Waals surface area (Å²) in [5, 5.41) is 0. The van der Waals surface area contributed by atoms with Crippen LogP contribution in [-0.2, 0) is 0 Å². The molecule has 16 heavy (non-hydrogen) atoms. The summed E-state index contributed by atoms with van der Waals surface area (Å²) in [5.41, 5.74) is 0.470. The molecule has 3 heteroatoms. The molecule has 0 fully saturated rings. The quantitative estimate of drug-likeness (QED) is 0.705. The molecule has 1 nitrogen and oxygen atoms in total. The molecule has 0 heterocycles. The molecule has 0 spiro atoms. The average Bonchev–Trinajstić information content (AvgIpc) is 2.32. The average molecular weight is 218 g/mol. The highest BCUT2D eigenvalue weighted by molar-refractivity contribution is 5.77. The lowest BCUT2D eigenvalue weighted by Gasteiger charge is -2.04. The molecule has 0 bridgehead atoms. The lowest BCUT2D eigenvalue weighted by Crippen LogP contribution is -1.93. The Morgan fingerprint density at radius 1 is 0.938 bits per heavy atom. The van der Waals surface area contributed by atoms with Crippen LogP contribution in [0.5, 0.6) is 0 Å². The van der Waals surface area contributed by atoms with Gasteiger partial charge in [0.2, 0.25) is 0 Å². The Kier molecular flexibility index (Phi) is 2.77. The Balaban J connectivity index is 2.59. The Morgan fingerprint density at radius 2 is 1.62 bits per heavy atom. The summed E-state index contributed by atoms with van der Waals surface area (Å²) < 4.78 is 26.9. The van der Waals surface area contributed by atoms with Crippen LogP contribution in [0.1, 0.15) is 10.4 Å². The smallest absolute Gasteiger partial charge is 0.153 e. The van der Waals surface area contributed by atoms with E-state index < -0.39 is 11.6 Å². The number of aldehydes is 1. The maximum Gasteiger partial charge on any atom is 0.153 e. The van der Waals surface area contributed by atoms with Gasteiger partial charge in [-0.2, -0.15) is 0 Å². The van der Waals surface area contributed by atoms with Crippen LogP contribution < -0.4 is 0 Å². The van der Waals surface area contributed by atoms with Crippen molar-refractivity contribution < 1.29 is 13.6 Å². The first-order valence-corrected chi connectivity index (χ1v) is 4.72. The molecule has 2 aromatic carbocycles. The summed E-state index contributed by atoms with van der Waals surface area (Å²) in [7, 11) is 0. The van der Waals surface area contributed by atoms with Gasteiger partial charge in [-0.15, -0.1) is 0 Å². The zero-order valence-electron chi connectivity index (χ0n) is 8.28. The second kappa shape index (κ2) is 4.23. The van der Waals surface area contributed by atoms with Gasteiger partial charge in [-0.05, 0) is 17.7 Å². The molecule has 0 aliphatic carbocycles. The van der Waals surface area contributed by atoms with Gasteiger partial charge in [-0.3, -0.25) is 4.79 Å². The fourth-order valence-corrected chi connectivity index (χ4v) is 1.49. The van der Waals surface area contributed by atoms with E-state index in [1.54, 1.807) is 30.3 Å². The highest BCUT2D eigenvalue weighted by atomic mass is 19.1. The van der Waals surface area contributed by atoms with Gasteiger partial charge in [0.15, 0.2) is 6.29 Å². The van der Waals surface area contributed by atoms with Gasteiger partial charge in [0.1, 0.15) is 11.6 Å². The van der Waals surface area contributed by atoms with Gasteiger partial charge in [0, 0.05) is 5.56 Å². The van der Waals surface area contributed by atoms with Crippen molar-refractivity contribution in [2.45, 2.75) is 0 Å². The van der Waals surface area contributed by atoms with Crippen molar-refractivity contribution in [1.29, 1.82) is 0 Å². The van der Waals surface area contributed by atoms with E-state index in [1.165, 1.54) is 0 Å². The summed E-state index contributed by atoms with van der Waals surface area (Å²) in [5.74, 6) is -1.31. The number of carbonyl (C=O) groups excluding carboxylic acids is 1. The Hall–Kier alpha value is -2.03. The highest BCUT2D eigenvalue weighted by Crippen LogP contribution is 2.24. The predicted octanol–water partition coefficient (Wildman–Crippen LogP) is 3.44. The molecule has 80 valence electrons. The van der Waals surface area contributed by atoms with E-state index >= 15 is 0 Å². The summed E-state index contributed by atoms with van der Waals surface area (Å²) in [6.45, 7) is 0. The van der Waals surface area contributed by atoms with Gasteiger partial charge in [-0.25, -0.2) is 8.78 Å². The minimum Gasteiger partial charge on any atom is -0.298 e. The standard InChI is InChI=1S/C13H8F2O/c14-12-7-11(9-4-2-1-3-5-9)13(15)6-10(12)8-16/h1-8H. The van der Waals surface area contributed by atoms with Crippen LogP contribution in [-0.4, -0.2) is 6.29 Å². The molecule has 2 aromatic rings. The van der Waals surface area contributed by atoms with E-state index in [-0.39, 0.29) is 11.1 Å². The topological polar surface area (TPSA) is 17.1 Å². The van der Waals surface area contributed by atoms with E-state index in [0.717, 1.165) is 12.1 Å². The number of benzene rings is 2. The van der Waals surface area contributed by atoms with Gasteiger partial charge < -0.3 is 0 Å². The SMILES string of the molecule is O=Cc1cc(F)c(-c2ccccc2)cc1F. The van der Waals surface area contributed by atoms with E-state index in [2.05, 4.69) is 0 Å². The number of rotatable bonds is 2. The fourth-order valence-electron chi connectivity index (χ4n) is 1.49. The minimum absolute atomic E-state index is 0.156. The van der Waals surface area contributed by atoms with Gasteiger partial charge in [0.25, 0.3) is 0 Å². The molecular formula is C13H8F2O. The number of hydrogen-bond donors (Lipinski definition) is 0. The van der Waals surface area contributed by atoms with Crippen molar-refractivity contribution in [2.24, 2.45) is 0 Å². The molecule has 0 atom stereocenters. The molecule has 0 saturated heterocycles. The lowest BCUT2D eigenvalue weighted by atomic mass is 10.0. The maximum absolute atomic E-state index is 13.6. The van der Waals surface area contributed by atoms with Gasteiger partial charge in [-0.1, -0.05) is 30.3 Å². The number of carbonyl (C=O) groups is 1. The van der Waals surface area contributed by atoms with Crippen molar-refractivity contribution in [1.82, 2.24) is 0 Å². The van der Waals surface area contributed by atoms with E-state index in [0.29, 0.717) is 11.8 Å². The van der Waals surface area contributed by atoms with Crippen LogP contribution in [0.3, 0.4) is 0 Å². The van der Waals surface area contributed by atoms with Crippen LogP contribution >= 0.6 is 0 Å². The predicted molar refractivity (Wildman–Crippen MR) is 57.2 cm³/mol. The normalized spacial score (nSPS) is 10.1. The Labute approximate surface area is 91.3 Å². The first kappa shape index (κ1) is 10.5. The molecule has 0 aromatic heterocycles. The molecule has 0 aliphatic heterocycles. The van der Waals surface area contributed by atoms with Gasteiger partial charge in [0.05, 0.1) is 5.56 Å².